The summed E-state index contributed by atoms with van der Waals surface area (Å²) in [5, 5.41) is 0. The molecule has 0 bridgehead atoms. The van der Waals surface area contributed by atoms with Crippen LogP contribution in [0.5, 0.6) is 0 Å². The highest BCUT2D eigenvalue weighted by atomic mass is 31.2. The van der Waals surface area contributed by atoms with Crippen LogP contribution in [-0.2, 0) is 32.7 Å². The van der Waals surface area contributed by atoms with Crippen LogP contribution in [0.1, 0.15) is 322 Å². The topological polar surface area (TPSA) is 108 Å². The minimum atomic E-state index is -4.40. The van der Waals surface area contributed by atoms with Gasteiger partial charge in [0.2, 0.25) is 0 Å². The molecule has 0 aliphatic rings. The summed E-state index contributed by atoms with van der Waals surface area (Å²) < 4.78 is 34.8. The number of unbranched alkanes of at least 4 members (excludes halogenated alkanes) is 32. The van der Waals surface area contributed by atoms with Crippen LogP contribution >= 0.6 is 7.82 Å². The third-order valence-corrected chi connectivity index (χ3v) is 17.3. The zero-order valence-corrected chi connectivity index (χ0v) is 62.3. The molecular formula is C84H145NO8P+. The van der Waals surface area contributed by atoms with E-state index in [2.05, 4.69) is 160 Å². The molecule has 0 saturated carbocycles. The molecular weight excluding hydrogens is 1180 g/mol. The molecule has 10 heteroatoms. The molecule has 9 nitrogen and oxygen atoms in total. The molecule has 0 radical (unpaired) electrons. The summed E-state index contributed by atoms with van der Waals surface area (Å²) in [6.45, 7) is 4.23. The van der Waals surface area contributed by atoms with E-state index >= 15 is 0 Å². The van der Waals surface area contributed by atoms with Crippen molar-refractivity contribution in [3.8, 4) is 0 Å². The highest BCUT2D eigenvalue weighted by Crippen LogP contribution is 2.43. The number of nitrogens with zero attached hydrogens (tertiary/aromatic N) is 1. The summed E-state index contributed by atoms with van der Waals surface area (Å²) in [6, 6.07) is 0. The van der Waals surface area contributed by atoms with Crippen molar-refractivity contribution in [2.45, 2.75) is 328 Å². The van der Waals surface area contributed by atoms with Crippen LogP contribution in [-0.4, -0.2) is 74.9 Å². The number of carbonyl (C=O) groups is 2. The largest absolute Gasteiger partial charge is 0.472 e. The molecule has 2 unspecified atom stereocenters. The van der Waals surface area contributed by atoms with Gasteiger partial charge in [0, 0.05) is 12.8 Å². The molecule has 94 heavy (non-hydrogen) atoms. The summed E-state index contributed by atoms with van der Waals surface area (Å²) in [5.41, 5.74) is 0. The Bertz CT molecular complexity index is 2100. The number of hydrogen-bond acceptors (Lipinski definition) is 7. The van der Waals surface area contributed by atoms with Gasteiger partial charge in [0.25, 0.3) is 0 Å². The minimum Gasteiger partial charge on any atom is -0.462 e. The van der Waals surface area contributed by atoms with Crippen molar-refractivity contribution in [3.05, 3.63) is 146 Å². The molecule has 2 atom stereocenters. The normalized spacial score (nSPS) is 13.9. The van der Waals surface area contributed by atoms with Crippen molar-refractivity contribution in [1.29, 1.82) is 0 Å². The number of phosphoric acid groups is 1. The Morgan fingerprint density at radius 3 is 0.851 bits per heavy atom. The minimum absolute atomic E-state index is 0.0278. The maximum absolute atomic E-state index is 12.9. The number of carbonyl (C=O) groups excluding carboxylic acids is 2. The number of allylic oxidation sites excluding steroid dienone is 24. The summed E-state index contributed by atoms with van der Waals surface area (Å²) in [5.74, 6) is -0.793. The van der Waals surface area contributed by atoms with Gasteiger partial charge in [-0.15, -0.1) is 0 Å². The van der Waals surface area contributed by atoms with E-state index in [-0.39, 0.29) is 32.0 Å². The zero-order valence-electron chi connectivity index (χ0n) is 61.4. The average Bonchev–Trinajstić information content (AvgIpc) is 1.57. The van der Waals surface area contributed by atoms with Gasteiger partial charge in [-0.25, -0.2) is 4.57 Å². The fourth-order valence-corrected chi connectivity index (χ4v) is 11.3. The first-order valence-electron chi connectivity index (χ1n) is 38.6. The molecule has 0 rings (SSSR count). The summed E-state index contributed by atoms with van der Waals surface area (Å²) >= 11 is 0. The molecule has 538 valence electrons. The molecule has 1 N–H and O–H groups in total. The second-order valence-electron chi connectivity index (χ2n) is 26.6. The Kier molecular flexibility index (Phi) is 69.9. The molecule has 0 aliphatic heterocycles. The van der Waals surface area contributed by atoms with Crippen LogP contribution in [0.2, 0.25) is 0 Å². The highest BCUT2D eigenvalue weighted by Gasteiger charge is 2.27. The fraction of sp³-hybridized carbons (Fsp3) is 0.690. The number of rotatable bonds is 70. The van der Waals surface area contributed by atoms with Crippen molar-refractivity contribution in [3.63, 3.8) is 0 Å². The average molecular weight is 1330 g/mol. The van der Waals surface area contributed by atoms with Crippen LogP contribution in [0.3, 0.4) is 0 Å². The van der Waals surface area contributed by atoms with Crippen molar-refractivity contribution in [2.24, 2.45) is 0 Å². The molecule has 0 heterocycles. The van der Waals surface area contributed by atoms with E-state index < -0.39 is 26.5 Å². The highest BCUT2D eigenvalue weighted by molar-refractivity contribution is 7.47. The molecule has 0 aliphatic carbocycles. The monoisotopic (exact) mass is 1330 g/mol. The van der Waals surface area contributed by atoms with E-state index in [9.17, 15) is 19.0 Å². The number of hydrogen-bond donors (Lipinski definition) is 1. The van der Waals surface area contributed by atoms with Crippen molar-refractivity contribution in [2.75, 3.05) is 47.5 Å². The van der Waals surface area contributed by atoms with Gasteiger partial charge in [0.15, 0.2) is 6.10 Å². The van der Waals surface area contributed by atoms with Crippen molar-refractivity contribution in [1.82, 2.24) is 0 Å². The first-order chi connectivity index (χ1) is 46.0. The first-order valence-corrected chi connectivity index (χ1v) is 40.1. The SMILES string of the molecule is CC/C=C\C/C=C\C/C=C\C/C=C\C/C=C\C/C=C\C/C=C\CCCCCCCCCCCCCCCCCCCCCC(=O)OC(COC(=O)CCCCCCCCCCCCCCC/C=C\C/C=C\C/C=C\C/C=C\C/C=C\CC)COP(=O)(O)OCC[N+](C)(C)C. The Morgan fingerprint density at radius 1 is 0.330 bits per heavy atom. The van der Waals surface area contributed by atoms with Crippen molar-refractivity contribution < 1.29 is 42.1 Å². The van der Waals surface area contributed by atoms with Gasteiger partial charge in [0.1, 0.15) is 19.8 Å². The molecule has 0 saturated heterocycles. The summed E-state index contributed by atoms with van der Waals surface area (Å²) in [7, 11) is 1.48. The first kappa shape index (κ1) is 89.9. The number of quaternary nitrogens is 1. The predicted molar refractivity (Wildman–Crippen MR) is 408 cm³/mol. The Labute approximate surface area is 580 Å². The van der Waals surface area contributed by atoms with Crippen molar-refractivity contribution >= 4 is 19.8 Å². The predicted octanol–water partition coefficient (Wildman–Crippen LogP) is 25.7. The number of ether oxygens (including phenoxy) is 2. The lowest BCUT2D eigenvalue weighted by Crippen LogP contribution is -2.37. The van der Waals surface area contributed by atoms with Gasteiger partial charge in [-0.1, -0.05) is 339 Å². The zero-order chi connectivity index (χ0) is 68.3. The van der Waals surface area contributed by atoms with Gasteiger partial charge in [-0.2, -0.15) is 0 Å². The van der Waals surface area contributed by atoms with E-state index in [1.54, 1.807) is 0 Å². The molecule has 0 aromatic heterocycles. The molecule has 0 aromatic rings. The lowest BCUT2D eigenvalue weighted by Gasteiger charge is -2.24. The lowest BCUT2D eigenvalue weighted by molar-refractivity contribution is -0.870. The maximum Gasteiger partial charge on any atom is 0.472 e. The van der Waals surface area contributed by atoms with Gasteiger partial charge in [-0.05, 0) is 116 Å². The van der Waals surface area contributed by atoms with Gasteiger partial charge in [-0.3, -0.25) is 18.6 Å². The van der Waals surface area contributed by atoms with Gasteiger partial charge >= 0.3 is 19.8 Å². The van der Waals surface area contributed by atoms with Crippen LogP contribution < -0.4 is 0 Å². The Hall–Kier alpha value is -4.11. The van der Waals surface area contributed by atoms with Crippen LogP contribution in [0.15, 0.2) is 146 Å². The maximum atomic E-state index is 12.9. The lowest BCUT2D eigenvalue weighted by atomic mass is 10.0. The van der Waals surface area contributed by atoms with Crippen LogP contribution in [0.25, 0.3) is 0 Å². The van der Waals surface area contributed by atoms with E-state index in [0.29, 0.717) is 17.4 Å². The quantitative estimate of drug-likeness (QED) is 0.0211. The smallest absolute Gasteiger partial charge is 0.462 e. The second kappa shape index (κ2) is 73.1. The third kappa shape index (κ3) is 76.9. The Morgan fingerprint density at radius 2 is 0.574 bits per heavy atom. The fourth-order valence-electron chi connectivity index (χ4n) is 10.6. The number of phosphoric ester groups is 1. The number of esters is 2. The third-order valence-electron chi connectivity index (χ3n) is 16.4. The van der Waals surface area contributed by atoms with E-state index in [1.807, 2.05) is 21.1 Å². The van der Waals surface area contributed by atoms with Gasteiger partial charge < -0.3 is 18.9 Å². The van der Waals surface area contributed by atoms with Crippen LogP contribution in [0.4, 0.5) is 0 Å². The second-order valence-corrected chi connectivity index (χ2v) is 28.1. The molecule has 0 fully saturated rings. The molecule has 0 spiro atoms. The van der Waals surface area contributed by atoms with E-state index in [0.717, 1.165) is 109 Å². The van der Waals surface area contributed by atoms with E-state index in [4.69, 9.17) is 18.5 Å². The Balaban J connectivity index is 3.98. The van der Waals surface area contributed by atoms with Gasteiger partial charge in [0.05, 0.1) is 27.7 Å². The summed E-state index contributed by atoms with van der Waals surface area (Å²) in [4.78, 5) is 36.0. The summed E-state index contributed by atoms with van der Waals surface area (Å²) in [6.07, 6.45) is 108. The standard InChI is InChI=1S/C84H144NO8P/c1-6-8-10-12-14-16-18-20-22-24-26-28-30-32-34-36-37-38-39-40-41-42-43-44-45-46-47-49-51-53-55-57-59-61-63-65-67-69-71-73-75-77-84(87)93-82(81-92-94(88,89)91-79-78-85(3,4)5)80-90-83(86)76-74-72-70-68-66-64-62-60-58-56-54-52-50-48-35-33-31-29-27-25-23-21-19-17-15-13-11-9-7-2/h8-11,14-17,20-23,26-29,32-35,37-38,40-41,82H,6-7,12-13,18-19,24-25,30-31,36,39,42-81H2,1-5H3/p+1/b10-8-,11-9-,16-14-,17-15-,22-20-,23-21-,28-26-,29-27-,34-32-,35-33-,38-37-,41-40-. The number of likely N-dealkylation sites (N-methyl/N-ethyl adjacent to an activating group) is 1. The van der Waals surface area contributed by atoms with Crippen LogP contribution in [0, 0.1) is 0 Å². The molecule has 0 aromatic carbocycles. The van der Waals surface area contributed by atoms with E-state index in [1.165, 1.54) is 180 Å². The molecule has 0 amide bonds.